The lowest BCUT2D eigenvalue weighted by molar-refractivity contribution is -0.117. The molecule has 1 fully saturated rings. The summed E-state index contributed by atoms with van der Waals surface area (Å²) in [5.74, 6) is 1.80. The molecule has 2 aromatic heterocycles. The van der Waals surface area contributed by atoms with E-state index < -0.39 is 0 Å². The molecule has 0 spiro atoms. The molecule has 0 aliphatic carbocycles. The first-order valence-electron chi connectivity index (χ1n) is 13.7. The van der Waals surface area contributed by atoms with Crippen molar-refractivity contribution in [2.75, 3.05) is 42.3 Å². The standard InChI is InChI=1S/C29H36N8O3/c1-19(2)27-33-26(28(39)31-16-20-7-9-21(10-8-20)32-29(40)34(3)4)23-18-35(14-15-37(23)27)24-12-11-22(17-30-24)36-13-5-6-25(36)38/h7-12,17,19H,5-6,13-16,18H2,1-4H3,(H,31,39)(H,32,40). The van der Waals surface area contributed by atoms with E-state index in [4.69, 9.17) is 4.98 Å². The fraction of sp³-hybridized carbons (Fsp3) is 0.414. The molecule has 0 bridgehead atoms. The highest BCUT2D eigenvalue weighted by molar-refractivity contribution is 5.95. The number of carbonyl (C=O) groups is 3. The molecule has 1 aromatic carbocycles. The van der Waals surface area contributed by atoms with E-state index in [2.05, 4.69) is 38.9 Å². The maximum absolute atomic E-state index is 13.4. The van der Waals surface area contributed by atoms with Crippen LogP contribution in [-0.2, 0) is 24.4 Å². The zero-order valence-electron chi connectivity index (χ0n) is 23.5. The van der Waals surface area contributed by atoms with E-state index in [-0.39, 0.29) is 23.8 Å². The number of nitrogens with zero attached hydrogens (tertiary/aromatic N) is 6. The van der Waals surface area contributed by atoms with Crippen LogP contribution in [0.25, 0.3) is 0 Å². The Hall–Kier alpha value is -4.41. The summed E-state index contributed by atoms with van der Waals surface area (Å²) in [6.45, 7) is 7.20. The molecule has 5 rings (SSSR count). The molecule has 0 radical (unpaired) electrons. The predicted octanol–water partition coefficient (Wildman–Crippen LogP) is 3.57. The van der Waals surface area contributed by atoms with E-state index in [0.717, 1.165) is 48.1 Å². The number of amides is 4. The van der Waals surface area contributed by atoms with Crippen LogP contribution >= 0.6 is 0 Å². The molecule has 4 heterocycles. The number of imidazole rings is 1. The number of carbonyl (C=O) groups excluding carboxylic acids is 3. The highest BCUT2D eigenvalue weighted by Crippen LogP contribution is 2.28. The first kappa shape index (κ1) is 27.2. The van der Waals surface area contributed by atoms with Crippen molar-refractivity contribution in [1.29, 1.82) is 0 Å². The lowest BCUT2D eigenvalue weighted by Crippen LogP contribution is -2.36. The van der Waals surface area contributed by atoms with Crippen LogP contribution in [0.2, 0.25) is 0 Å². The molecule has 2 aliphatic rings. The smallest absolute Gasteiger partial charge is 0.321 e. The molecule has 1 saturated heterocycles. The van der Waals surface area contributed by atoms with Gasteiger partial charge >= 0.3 is 6.03 Å². The van der Waals surface area contributed by atoms with Crippen molar-refractivity contribution in [1.82, 2.24) is 24.8 Å². The highest BCUT2D eigenvalue weighted by Gasteiger charge is 2.29. The van der Waals surface area contributed by atoms with Gasteiger partial charge in [-0.25, -0.2) is 14.8 Å². The van der Waals surface area contributed by atoms with E-state index >= 15 is 0 Å². The molecule has 0 atom stereocenters. The minimum absolute atomic E-state index is 0.139. The average Bonchev–Trinajstić information content (AvgIpc) is 3.56. The summed E-state index contributed by atoms with van der Waals surface area (Å²) in [4.78, 5) is 52.1. The normalized spacial score (nSPS) is 14.9. The van der Waals surface area contributed by atoms with E-state index in [1.54, 1.807) is 25.2 Å². The fourth-order valence-electron chi connectivity index (χ4n) is 5.07. The van der Waals surface area contributed by atoms with E-state index in [1.807, 2.05) is 36.4 Å². The van der Waals surface area contributed by atoms with Gasteiger partial charge in [0.15, 0.2) is 5.69 Å². The highest BCUT2D eigenvalue weighted by atomic mass is 16.2. The molecule has 210 valence electrons. The molecule has 11 heteroatoms. The van der Waals surface area contributed by atoms with Gasteiger partial charge < -0.3 is 29.9 Å². The van der Waals surface area contributed by atoms with Crippen molar-refractivity contribution < 1.29 is 14.4 Å². The number of nitrogens with one attached hydrogen (secondary N) is 2. The minimum Gasteiger partial charge on any atom is -0.349 e. The van der Waals surface area contributed by atoms with Crippen LogP contribution < -0.4 is 20.4 Å². The molecule has 11 nitrogen and oxygen atoms in total. The van der Waals surface area contributed by atoms with Crippen molar-refractivity contribution in [3.05, 3.63) is 65.4 Å². The monoisotopic (exact) mass is 544 g/mol. The van der Waals surface area contributed by atoms with Crippen molar-refractivity contribution >= 4 is 35.0 Å². The van der Waals surface area contributed by atoms with Gasteiger partial charge in [-0.3, -0.25) is 9.59 Å². The van der Waals surface area contributed by atoms with Crippen LogP contribution in [0, 0.1) is 0 Å². The maximum Gasteiger partial charge on any atom is 0.321 e. The Balaban J connectivity index is 1.28. The van der Waals surface area contributed by atoms with Gasteiger partial charge in [0.05, 0.1) is 24.1 Å². The Morgan fingerprint density at radius 3 is 2.45 bits per heavy atom. The molecule has 40 heavy (non-hydrogen) atoms. The van der Waals surface area contributed by atoms with E-state index in [1.165, 1.54) is 4.90 Å². The van der Waals surface area contributed by atoms with Gasteiger partial charge in [0.1, 0.15) is 11.6 Å². The number of urea groups is 1. The van der Waals surface area contributed by atoms with Crippen molar-refractivity contribution in [3.8, 4) is 0 Å². The lowest BCUT2D eigenvalue weighted by Gasteiger charge is -2.31. The number of pyridine rings is 1. The Morgan fingerprint density at radius 1 is 1.05 bits per heavy atom. The number of fused-ring (bicyclic) bond motifs is 1. The maximum atomic E-state index is 13.4. The summed E-state index contributed by atoms with van der Waals surface area (Å²) in [6, 6.07) is 11.1. The number of rotatable bonds is 7. The Labute approximate surface area is 234 Å². The second-order valence-corrected chi connectivity index (χ2v) is 10.7. The van der Waals surface area contributed by atoms with Gasteiger partial charge in [0.2, 0.25) is 5.91 Å². The van der Waals surface area contributed by atoms with Crippen LogP contribution in [0.3, 0.4) is 0 Å². The molecule has 0 unspecified atom stereocenters. The van der Waals surface area contributed by atoms with Gasteiger partial charge in [0, 0.05) is 58.3 Å². The fourth-order valence-corrected chi connectivity index (χ4v) is 5.07. The lowest BCUT2D eigenvalue weighted by atomic mass is 10.2. The first-order chi connectivity index (χ1) is 19.2. The first-order valence-corrected chi connectivity index (χ1v) is 13.7. The van der Waals surface area contributed by atoms with Crippen LogP contribution in [0.4, 0.5) is 22.0 Å². The SMILES string of the molecule is CC(C)c1nc(C(=O)NCc2ccc(NC(=O)N(C)C)cc2)c2n1CCN(c1ccc(N3CCCC3=O)cn1)C2. The molecular weight excluding hydrogens is 508 g/mol. The summed E-state index contributed by atoms with van der Waals surface area (Å²) in [6.07, 6.45) is 3.22. The molecule has 3 aromatic rings. The van der Waals surface area contributed by atoms with Gasteiger partial charge in [-0.15, -0.1) is 0 Å². The summed E-state index contributed by atoms with van der Waals surface area (Å²) in [7, 11) is 3.37. The quantitative estimate of drug-likeness (QED) is 0.470. The summed E-state index contributed by atoms with van der Waals surface area (Å²) < 4.78 is 2.16. The van der Waals surface area contributed by atoms with E-state index in [9.17, 15) is 14.4 Å². The molecule has 2 N–H and O–H groups in total. The largest absolute Gasteiger partial charge is 0.349 e. The number of hydrogen-bond acceptors (Lipinski definition) is 6. The third kappa shape index (κ3) is 5.63. The Bertz CT molecular complexity index is 1400. The third-order valence-corrected chi connectivity index (χ3v) is 7.27. The minimum atomic E-state index is -0.224. The Kier molecular flexibility index (Phi) is 7.72. The van der Waals surface area contributed by atoms with Gasteiger partial charge in [0.25, 0.3) is 5.91 Å². The van der Waals surface area contributed by atoms with Crippen molar-refractivity contribution in [2.45, 2.75) is 52.2 Å². The third-order valence-electron chi connectivity index (χ3n) is 7.27. The topological polar surface area (TPSA) is 116 Å². The second-order valence-electron chi connectivity index (χ2n) is 10.7. The number of hydrogen-bond donors (Lipinski definition) is 2. The zero-order chi connectivity index (χ0) is 28.4. The number of aromatic nitrogens is 3. The average molecular weight is 545 g/mol. The molecule has 0 saturated carbocycles. The van der Waals surface area contributed by atoms with Crippen LogP contribution in [0.1, 0.15) is 60.2 Å². The Morgan fingerprint density at radius 2 is 1.82 bits per heavy atom. The predicted molar refractivity (Wildman–Crippen MR) is 154 cm³/mol. The molecular formula is C29H36N8O3. The van der Waals surface area contributed by atoms with Gasteiger partial charge in [-0.2, -0.15) is 0 Å². The van der Waals surface area contributed by atoms with Crippen LogP contribution in [-0.4, -0.2) is 64.5 Å². The number of anilines is 3. The number of benzene rings is 1. The summed E-state index contributed by atoms with van der Waals surface area (Å²) in [5.41, 5.74) is 3.73. The zero-order valence-corrected chi connectivity index (χ0v) is 23.5. The summed E-state index contributed by atoms with van der Waals surface area (Å²) in [5, 5.41) is 5.81. The van der Waals surface area contributed by atoms with E-state index in [0.29, 0.717) is 37.4 Å². The van der Waals surface area contributed by atoms with Crippen LogP contribution in [0.15, 0.2) is 42.6 Å². The van der Waals surface area contributed by atoms with Crippen molar-refractivity contribution in [3.63, 3.8) is 0 Å². The molecule has 2 aliphatic heterocycles. The van der Waals surface area contributed by atoms with Crippen molar-refractivity contribution in [2.24, 2.45) is 0 Å². The van der Waals surface area contributed by atoms with Crippen LogP contribution in [0.5, 0.6) is 0 Å². The van der Waals surface area contributed by atoms with Gasteiger partial charge in [-0.1, -0.05) is 26.0 Å². The van der Waals surface area contributed by atoms with Gasteiger partial charge in [-0.05, 0) is 36.2 Å². The second kappa shape index (κ2) is 11.4. The molecule has 4 amide bonds. The summed E-state index contributed by atoms with van der Waals surface area (Å²) >= 11 is 0.